The number of anilines is 1. The SMILES string of the molecule is COc1ccc2nc(CO)cc(NCc3ccccc3C)c2c1. The molecule has 0 amide bonds. The second-order valence-electron chi connectivity index (χ2n) is 5.48. The van der Waals surface area contributed by atoms with Crippen molar-refractivity contribution in [1.82, 2.24) is 4.98 Å². The molecule has 118 valence electrons. The van der Waals surface area contributed by atoms with Gasteiger partial charge < -0.3 is 15.2 Å². The van der Waals surface area contributed by atoms with Gasteiger partial charge in [0.05, 0.1) is 24.9 Å². The molecule has 3 aromatic rings. The lowest BCUT2D eigenvalue weighted by atomic mass is 10.1. The number of aromatic nitrogens is 1. The molecule has 0 aliphatic carbocycles. The van der Waals surface area contributed by atoms with Gasteiger partial charge in [0.1, 0.15) is 5.75 Å². The van der Waals surface area contributed by atoms with E-state index in [0.29, 0.717) is 12.2 Å². The van der Waals surface area contributed by atoms with E-state index in [1.165, 1.54) is 11.1 Å². The zero-order valence-electron chi connectivity index (χ0n) is 13.3. The summed E-state index contributed by atoms with van der Waals surface area (Å²) in [4.78, 5) is 4.46. The number of aryl methyl sites for hydroxylation is 1. The molecule has 0 atom stereocenters. The number of fused-ring (bicyclic) bond motifs is 1. The lowest BCUT2D eigenvalue weighted by Gasteiger charge is -2.13. The number of nitrogens with zero attached hydrogens (tertiary/aromatic N) is 1. The number of rotatable bonds is 5. The first-order valence-electron chi connectivity index (χ1n) is 7.58. The third-order valence-corrected chi connectivity index (χ3v) is 3.96. The summed E-state index contributed by atoms with van der Waals surface area (Å²) in [5.41, 5.74) is 4.92. The number of aliphatic hydroxyl groups excluding tert-OH is 1. The normalized spacial score (nSPS) is 10.7. The molecular weight excluding hydrogens is 288 g/mol. The first-order chi connectivity index (χ1) is 11.2. The average Bonchev–Trinajstić information content (AvgIpc) is 2.60. The Balaban J connectivity index is 1.99. The molecule has 0 saturated carbocycles. The van der Waals surface area contributed by atoms with Crippen LogP contribution < -0.4 is 10.1 Å². The van der Waals surface area contributed by atoms with Crippen LogP contribution in [0, 0.1) is 6.92 Å². The lowest BCUT2D eigenvalue weighted by molar-refractivity contribution is 0.277. The van der Waals surface area contributed by atoms with Gasteiger partial charge in [-0.1, -0.05) is 24.3 Å². The van der Waals surface area contributed by atoms with Crippen LogP contribution in [0.15, 0.2) is 48.5 Å². The highest BCUT2D eigenvalue weighted by Crippen LogP contribution is 2.28. The molecule has 0 aliphatic heterocycles. The van der Waals surface area contributed by atoms with Gasteiger partial charge in [0, 0.05) is 17.6 Å². The van der Waals surface area contributed by atoms with Gasteiger partial charge in [-0.15, -0.1) is 0 Å². The van der Waals surface area contributed by atoms with Crippen LogP contribution in [-0.2, 0) is 13.2 Å². The van der Waals surface area contributed by atoms with Gasteiger partial charge in [0.15, 0.2) is 0 Å². The zero-order chi connectivity index (χ0) is 16.2. The van der Waals surface area contributed by atoms with Crippen LogP contribution in [0.4, 0.5) is 5.69 Å². The van der Waals surface area contributed by atoms with Crippen molar-refractivity contribution in [1.29, 1.82) is 0 Å². The fraction of sp³-hybridized carbons (Fsp3) is 0.211. The van der Waals surface area contributed by atoms with Gasteiger partial charge in [0.2, 0.25) is 0 Å². The summed E-state index contributed by atoms with van der Waals surface area (Å²) >= 11 is 0. The fourth-order valence-electron chi connectivity index (χ4n) is 2.61. The first-order valence-corrected chi connectivity index (χ1v) is 7.58. The minimum atomic E-state index is -0.0823. The Labute approximate surface area is 135 Å². The first kappa shape index (κ1) is 15.3. The molecule has 4 nitrogen and oxygen atoms in total. The van der Waals surface area contributed by atoms with Crippen LogP contribution >= 0.6 is 0 Å². The van der Waals surface area contributed by atoms with Crippen molar-refractivity contribution in [3.05, 3.63) is 65.4 Å². The van der Waals surface area contributed by atoms with Crippen LogP contribution in [0.25, 0.3) is 10.9 Å². The molecule has 2 N–H and O–H groups in total. The van der Waals surface area contributed by atoms with E-state index < -0.39 is 0 Å². The number of pyridine rings is 1. The number of nitrogens with one attached hydrogen (secondary N) is 1. The molecule has 0 aliphatic rings. The highest BCUT2D eigenvalue weighted by atomic mass is 16.5. The molecule has 0 unspecified atom stereocenters. The minimum absolute atomic E-state index is 0.0823. The highest BCUT2D eigenvalue weighted by molar-refractivity contribution is 5.92. The average molecular weight is 308 g/mol. The van der Waals surface area contributed by atoms with Crippen LogP contribution in [0.2, 0.25) is 0 Å². The molecule has 1 aromatic heterocycles. The van der Waals surface area contributed by atoms with E-state index >= 15 is 0 Å². The predicted octanol–water partition coefficient (Wildman–Crippen LogP) is 3.66. The lowest BCUT2D eigenvalue weighted by Crippen LogP contribution is -2.03. The summed E-state index contributed by atoms with van der Waals surface area (Å²) in [5, 5.41) is 13.9. The maximum Gasteiger partial charge on any atom is 0.119 e. The van der Waals surface area contributed by atoms with Gasteiger partial charge in [-0.05, 0) is 42.3 Å². The van der Waals surface area contributed by atoms with Crippen molar-refractivity contribution >= 4 is 16.6 Å². The number of benzene rings is 2. The molecule has 0 bridgehead atoms. The molecule has 0 saturated heterocycles. The molecule has 2 aromatic carbocycles. The molecule has 3 rings (SSSR count). The van der Waals surface area contributed by atoms with Gasteiger partial charge in [-0.3, -0.25) is 4.98 Å². The Kier molecular flexibility index (Phi) is 4.44. The van der Waals surface area contributed by atoms with E-state index in [9.17, 15) is 5.11 Å². The Morgan fingerprint density at radius 3 is 2.70 bits per heavy atom. The van der Waals surface area contributed by atoms with Crippen molar-refractivity contribution < 1.29 is 9.84 Å². The quantitative estimate of drug-likeness (QED) is 0.755. The third kappa shape index (κ3) is 3.27. The Bertz CT molecular complexity index is 831. The largest absolute Gasteiger partial charge is 0.497 e. The number of hydrogen-bond acceptors (Lipinski definition) is 4. The molecule has 23 heavy (non-hydrogen) atoms. The number of ether oxygens (including phenoxy) is 1. The maximum atomic E-state index is 9.44. The van der Waals surface area contributed by atoms with Gasteiger partial charge >= 0.3 is 0 Å². The predicted molar refractivity (Wildman–Crippen MR) is 92.7 cm³/mol. The van der Waals surface area contributed by atoms with Crippen molar-refractivity contribution in [3.8, 4) is 5.75 Å². The monoisotopic (exact) mass is 308 g/mol. The summed E-state index contributed by atoms with van der Waals surface area (Å²) < 4.78 is 5.31. The summed E-state index contributed by atoms with van der Waals surface area (Å²) in [5.74, 6) is 0.787. The molecule has 0 fully saturated rings. The van der Waals surface area contributed by atoms with Gasteiger partial charge in [-0.2, -0.15) is 0 Å². The number of hydrogen-bond donors (Lipinski definition) is 2. The van der Waals surface area contributed by atoms with E-state index in [2.05, 4.69) is 29.4 Å². The Morgan fingerprint density at radius 1 is 1.13 bits per heavy atom. The topological polar surface area (TPSA) is 54.4 Å². The van der Waals surface area contributed by atoms with Crippen molar-refractivity contribution in [2.24, 2.45) is 0 Å². The summed E-state index contributed by atoms with van der Waals surface area (Å²) in [6.45, 7) is 2.73. The molecular formula is C19H20N2O2. The van der Waals surface area contributed by atoms with E-state index in [1.54, 1.807) is 7.11 Å². The molecule has 0 spiro atoms. The van der Waals surface area contributed by atoms with E-state index in [-0.39, 0.29) is 6.61 Å². The second kappa shape index (κ2) is 6.67. The molecule has 4 heteroatoms. The van der Waals surface area contributed by atoms with Crippen LogP contribution in [0.5, 0.6) is 5.75 Å². The Hall–Kier alpha value is -2.59. The minimum Gasteiger partial charge on any atom is -0.497 e. The second-order valence-corrected chi connectivity index (χ2v) is 5.48. The fourth-order valence-corrected chi connectivity index (χ4v) is 2.61. The summed E-state index contributed by atoms with van der Waals surface area (Å²) in [6, 6.07) is 15.9. The van der Waals surface area contributed by atoms with Crippen molar-refractivity contribution in [2.45, 2.75) is 20.1 Å². The van der Waals surface area contributed by atoms with E-state index in [4.69, 9.17) is 4.74 Å². The van der Waals surface area contributed by atoms with Crippen LogP contribution in [0.3, 0.4) is 0 Å². The van der Waals surface area contributed by atoms with Crippen molar-refractivity contribution in [3.63, 3.8) is 0 Å². The molecule has 1 heterocycles. The number of aliphatic hydroxyl groups is 1. The van der Waals surface area contributed by atoms with Gasteiger partial charge in [-0.25, -0.2) is 0 Å². The van der Waals surface area contributed by atoms with Gasteiger partial charge in [0.25, 0.3) is 0 Å². The van der Waals surface area contributed by atoms with E-state index in [0.717, 1.165) is 22.3 Å². The van der Waals surface area contributed by atoms with Crippen LogP contribution in [-0.4, -0.2) is 17.2 Å². The smallest absolute Gasteiger partial charge is 0.119 e. The standard InChI is InChI=1S/C19H20N2O2/c1-13-5-3-4-6-14(13)11-20-19-9-15(12-22)21-18-8-7-16(23-2)10-17(18)19/h3-10,22H,11-12H2,1-2H3,(H,20,21). The van der Waals surface area contributed by atoms with E-state index in [1.807, 2.05) is 36.4 Å². The number of methoxy groups -OCH3 is 1. The zero-order valence-corrected chi connectivity index (χ0v) is 13.3. The Morgan fingerprint density at radius 2 is 1.96 bits per heavy atom. The summed E-state index contributed by atoms with van der Waals surface area (Å²) in [6.07, 6.45) is 0. The third-order valence-electron chi connectivity index (χ3n) is 3.96. The highest BCUT2D eigenvalue weighted by Gasteiger charge is 2.08. The van der Waals surface area contributed by atoms with Crippen LogP contribution in [0.1, 0.15) is 16.8 Å². The summed E-state index contributed by atoms with van der Waals surface area (Å²) in [7, 11) is 1.65. The maximum absolute atomic E-state index is 9.44. The van der Waals surface area contributed by atoms with Crippen molar-refractivity contribution in [2.75, 3.05) is 12.4 Å². The molecule has 0 radical (unpaired) electrons.